The number of anilines is 2. The van der Waals surface area contributed by atoms with E-state index in [0.717, 1.165) is 29.9 Å². The number of piperidine rings is 1. The number of sulfonamides is 1. The van der Waals surface area contributed by atoms with E-state index in [1.165, 1.54) is 28.6 Å². The first-order valence-electron chi connectivity index (χ1n) is 10.1. The number of halogens is 1. The lowest BCUT2D eigenvalue weighted by Gasteiger charge is -2.31. The quantitative estimate of drug-likeness (QED) is 0.645. The van der Waals surface area contributed by atoms with Crippen molar-refractivity contribution < 1.29 is 12.8 Å². The van der Waals surface area contributed by atoms with Gasteiger partial charge in [-0.25, -0.2) is 27.8 Å². The van der Waals surface area contributed by atoms with Gasteiger partial charge in [-0.2, -0.15) is 4.31 Å². The van der Waals surface area contributed by atoms with Crippen LogP contribution in [0.25, 0.3) is 0 Å². The van der Waals surface area contributed by atoms with Gasteiger partial charge in [0.05, 0.1) is 4.90 Å². The number of nitrogens with one attached hydrogen (secondary N) is 1. The molecule has 7 nitrogen and oxygen atoms in total. The van der Waals surface area contributed by atoms with E-state index < -0.39 is 15.8 Å². The van der Waals surface area contributed by atoms with Crippen molar-refractivity contribution in [3.05, 3.63) is 71.4 Å². The summed E-state index contributed by atoms with van der Waals surface area (Å²) in [5.74, 6) is 0.593. The van der Waals surface area contributed by atoms with E-state index >= 15 is 0 Å². The normalized spacial score (nSPS) is 17.5. The molecule has 0 bridgehead atoms. The summed E-state index contributed by atoms with van der Waals surface area (Å²) in [6, 6.07) is 12.5. The van der Waals surface area contributed by atoms with Crippen molar-refractivity contribution >= 4 is 21.8 Å². The van der Waals surface area contributed by atoms with Gasteiger partial charge < -0.3 is 5.32 Å². The number of aromatic nitrogens is 3. The van der Waals surface area contributed by atoms with Crippen molar-refractivity contribution in [2.45, 2.75) is 37.5 Å². The molecule has 3 heterocycles. The Bertz CT molecular complexity index is 1160. The first-order chi connectivity index (χ1) is 14.8. The average Bonchev–Trinajstić information content (AvgIpc) is 2.74. The van der Waals surface area contributed by atoms with E-state index in [9.17, 15) is 12.8 Å². The molecular weight excluding hydrogens is 417 g/mol. The van der Waals surface area contributed by atoms with Crippen LogP contribution in [-0.2, 0) is 10.0 Å². The Morgan fingerprint density at radius 3 is 2.45 bits per heavy atom. The van der Waals surface area contributed by atoms with Crippen LogP contribution in [0.15, 0.2) is 53.4 Å². The Hall–Kier alpha value is -2.91. The van der Waals surface area contributed by atoms with E-state index in [0.29, 0.717) is 24.9 Å². The predicted octanol–water partition coefficient (Wildman–Crippen LogP) is 3.94. The number of benzene rings is 1. The summed E-state index contributed by atoms with van der Waals surface area (Å²) < 4.78 is 40.7. The molecule has 1 unspecified atom stereocenters. The fourth-order valence-corrected chi connectivity index (χ4v) is 5.33. The van der Waals surface area contributed by atoms with E-state index in [2.05, 4.69) is 20.3 Å². The standard InChI is InChI=1S/C22H24FN5O2S/c1-15-13-16(2)25-22(24-15)27-21-7-3-6-20(26-21)17-5-4-12-28(14-17)31(29,30)19-10-8-18(23)9-11-19/h3,6-11,13,17H,4-5,12,14H2,1-2H3,(H,24,25,26,27). The maximum Gasteiger partial charge on any atom is 0.243 e. The van der Waals surface area contributed by atoms with Crippen molar-refractivity contribution in [3.8, 4) is 0 Å². The van der Waals surface area contributed by atoms with Gasteiger partial charge in [0.25, 0.3) is 0 Å². The molecule has 3 aromatic rings. The van der Waals surface area contributed by atoms with E-state index in [4.69, 9.17) is 0 Å². The molecule has 4 rings (SSSR count). The highest BCUT2D eigenvalue weighted by Gasteiger charge is 2.31. The van der Waals surface area contributed by atoms with Crippen LogP contribution < -0.4 is 5.32 Å². The molecule has 1 aromatic carbocycles. The molecule has 2 aromatic heterocycles. The fraction of sp³-hybridized carbons (Fsp3) is 0.318. The lowest BCUT2D eigenvalue weighted by atomic mass is 9.96. The number of nitrogens with zero attached hydrogens (tertiary/aromatic N) is 4. The fourth-order valence-electron chi connectivity index (χ4n) is 3.80. The predicted molar refractivity (Wildman–Crippen MR) is 116 cm³/mol. The molecule has 9 heteroatoms. The minimum atomic E-state index is -3.68. The third kappa shape index (κ3) is 4.88. The molecule has 0 spiro atoms. The Labute approximate surface area is 181 Å². The molecule has 1 atom stereocenters. The molecule has 0 aliphatic carbocycles. The molecule has 0 saturated carbocycles. The molecule has 31 heavy (non-hydrogen) atoms. The zero-order chi connectivity index (χ0) is 22.0. The molecule has 1 saturated heterocycles. The van der Waals surface area contributed by atoms with E-state index in [1.54, 1.807) is 0 Å². The molecule has 0 amide bonds. The number of aryl methyl sites for hydroxylation is 2. The van der Waals surface area contributed by atoms with Gasteiger partial charge in [-0.15, -0.1) is 0 Å². The lowest BCUT2D eigenvalue weighted by Crippen LogP contribution is -2.39. The minimum Gasteiger partial charge on any atom is -0.309 e. The van der Waals surface area contributed by atoms with Crippen LogP contribution in [0, 0.1) is 19.7 Å². The van der Waals surface area contributed by atoms with Crippen LogP contribution >= 0.6 is 0 Å². The Kier molecular flexibility index (Phi) is 5.97. The second-order valence-corrected chi connectivity index (χ2v) is 9.64. The van der Waals surface area contributed by atoms with Crippen molar-refractivity contribution in [2.75, 3.05) is 18.4 Å². The highest BCUT2D eigenvalue weighted by molar-refractivity contribution is 7.89. The highest BCUT2D eigenvalue weighted by atomic mass is 32.2. The maximum atomic E-state index is 13.2. The van der Waals surface area contributed by atoms with Crippen LogP contribution in [0.1, 0.15) is 35.8 Å². The molecular formula is C22H24FN5O2S. The smallest absolute Gasteiger partial charge is 0.243 e. The zero-order valence-corrected chi connectivity index (χ0v) is 18.2. The average molecular weight is 442 g/mol. The number of rotatable bonds is 5. The van der Waals surface area contributed by atoms with Gasteiger partial charge in [-0.05, 0) is 69.2 Å². The van der Waals surface area contributed by atoms with Gasteiger partial charge >= 0.3 is 0 Å². The Balaban J connectivity index is 1.53. The van der Waals surface area contributed by atoms with Gasteiger partial charge in [0.2, 0.25) is 16.0 Å². The largest absolute Gasteiger partial charge is 0.309 e. The summed E-state index contributed by atoms with van der Waals surface area (Å²) in [5.41, 5.74) is 2.54. The summed E-state index contributed by atoms with van der Waals surface area (Å²) >= 11 is 0. The van der Waals surface area contributed by atoms with Gasteiger partial charge in [0.1, 0.15) is 11.6 Å². The van der Waals surface area contributed by atoms with E-state index in [-0.39, 0.29) is 10.8 Å². The van der Waals surface area contributed by atoms with Gasteiger partial charge in [0.15, 0.2) is 0 Å². The zero-order valence-electron chi connectivity index (χ0n) is 17.4. The first kappa shape index (κ1) is 21.3. The van der Waals surface area contributed by atoms with Gasteiger partial charge in [-0.1, -0.05) is 6.07 Å². The third-order valence-electron chi connectivity index (χ3n) is 5.25. The van der Waals surface area contributed by atoms with Crippen molar-refractivity contribution in [1.29, 1.82) is 0 Å². The summed E-state index contributed by atoms with van der Waals surface area (Å²) in [4.78, 5) is 13.5. The second-order valence-electron chi connectivity index (χ2n) is 7.70. The second kappa shape index (κ2) is 8.68. The topological polar surface area (TPSA) is 88.1 Å². The van der Waals surface area contributed by atoms with Gasteiger partial charge in [0, 0.05) is 36.1 Å². The van der Waals surface area contributed by atoms with Crippen LogP contribution in [0.5, 0.6) is 0 Å². The molecule has 0 radical (unpaired) electrons. The SMILES string of the molecule is Cc1cc(C)nc(Nc2cccc(C3CCCN(S(=O)(=O)c4ccc(F)cc4)C3)n2)n1. The Morgan fingerprint density at radius 2 is 1.74 bits per heavy atom. The number of pyridine rings is 1. The highest BCUT2D eigenvalue weighted by Crippen LogP contribution is 2.30. The van der Waals surface area contributed by atoms with Crippen molar-refractivity contribution in [1.82, 2.24) is 19.3 Å². The van der Waals surface area contributed by atoms with E-state index in [1.807, 2.05) is 38.1 Å². The van der Waals surface area contributed by atoms with Gasteiger partial charge in [-0.3, -0.25) is 0 Å². The first-order valence-corrected chi connectivity index (χ1v) is 11.6. The third-order valence-corrected chi connectivity index (χ3v) is 7.13. The lowest BCUT2D eigenvalue weighted by molar-refractivity contribution is 0.313. The molecule has 1 fully saturated rings. The van der Waals surface area contributed by atoms with Crippen molar-refractivity contribution in [2.24, 2.45) is 0 Å². The minimum absolute atomic E-state index is 0.0362. The Morgan fingerprint density at radius 1 is 1.03 bits per heavy atom. The molecule has 162 valence electrons. The maximum absolute atomic E-state index is 13.2. The van der Waals surface area contributed by atoms with Crippen LogP contribution in [-0.4, -0.2) is 40.8 Å². The molecule has 1 N–H and O–H groups in total. The van der Waals surface area contributed by atoms with Crippen LogP contribution in [0.3, 0.4) is 0 Å². The molecule has 1 aliphatic rings. The number of hydrogen-bond donors (Lipinski definition) is 1. The monoisotopic (exact) mass is 441 g/mol. The molecule has 1 aliphatic heterocycles. The summed E-state index contributed by atoms with van der Waals surface area (Å²) in [6.07, 6.45) is 1.57. The van der Waals surface area contributed by atoms with Crippen LogP contribution in [0.4, 0.5) is 16.2 Å². The summed E-state index contributed by atoms with van der Waals surface area (Å²) in [5, 5.41) is 3.14. The summed E-state index contributed by atoms with van der Waals surface area (Å²) in [7, 11) is -3.68. The van der Waals surface area contributed by atoms with Crippen LogP contribution in [0.2, 0.25) is 0 Å². The number of hydrogen-bond acceptors (Lipinski definition) is 6. The summed E-state index contributed by atoms with van der Waals surface area (Å²) in [6.45, 7) is 4.57. The van der Waals surface area contributed by atoms with Crippen molar-refractivity contribution in [3.63, 3.8) is 0 Å².